The Morgan fingerprint density at radius 3 is 2.32 bits per heavy atom. The number of H-pyrrole nitrogens is 1. The Labute approximate surface area is 134 Å². The number of rotatable bonds is 4. The minimum Gasteiger partial charge on any atom is -0.356 e. The van der Waals surface area contributed by atoms with E-state index in [9.17, 15) is 13.2 Å². The highest BCUT2D eigenvalue weighted by molar-refractivity contribution is 7.90. The number of benzene rings is 1. The van der Waals surface area contributed by atoms with E-state index in [1.54, 1.807) is 48.5 Å². The zero-order valence-electron chi connectivity index (χ0n) is 12.5. The van der Waals surface area contributed by atoms with Crippen LogP contribution in [0, 0.1) is 0 Å². The minimum atomic E-state index is -3.22. The van der Waals surface area contributed by atoms with Gasteiger partial charge in [-0.3, -0.25) is 4.79 Å². The van der Waals surface area contributed by atoms with Gasteiger partial charge in [0.25, 0.3) is 5.91 Å². The Morgan fingerprint density at radius 1 is 1.27 bits per heavy atom. The predicted octanol–water partition coefficient (Wildman–Crippen LogP) is 2.90. The van der Waals surface area contributed by atoms with Gasteiger partial charge in [-0.05, 0) is 30.7 Å². The van der Waals surface area contributed by atoms with E-state index >= 15 is 0 Å². The summed E-state index contributed by atoms with van der Waals surface area (Å²) in [5.41, 5.74) is 1.26. The highest BCUT2D eigenvalue weighted by Crippen LogP contribution is 2.22. The molecule has 0 saturated carbocycles. The molecule has 7 heteroatoms. The fourth-order valence-electron chi connectivity index (χ4n) is 2.07. The second kappa shape index (κ2) is 6.14. The maximum Gasteiger partial charge on any atom is 0.270 e. The molecule has 1 N–H and O–H groups in total. The Kier molecular flexibility index (Phi) is 4.63. The molecule has 0 radical (unpaired) electrons. The maximum absolute atomic E-state index is 12.3. The summed E-state index contributed by atoms with van der Waals surface area (Å²) in [6.45, 7) is 1.87. The minimum absolute atomic E-state index is 0.188. The van der Waals surface area contributed by atoms with Gasteiger partial charge in [0.15, 0.2) is 9.84 Å². The second-order valence-corrected chi connectivity index (χ2v) is 7.62. The molecule has 1 amide bonds. The number of nitrogens with zero attached hydrogens (tertiary/aromatic N) is 1. The van der Waals surface area contributed by atoms with Gasteiger partial charge < -0.3 is 9.88 Å². The summed E-state index contributed by atoms with van der Waals surface area (Å²) in [5, 5.41) is 0.474. The standard InChI is InChI=1S/C15H17ClN2O3S/c1-10(11-4-6-13(7-5-11)22(3,20)21)18(2)15(19)14-8-12(16)9-17-14/h4-10,17H,1-3H3/t10-/m0/s1. The molecule has 0 aliphatic heterocycles. The summed E-state index contributed by atoms with van der Waals surface area (Å²) in [6, 6.07) is 7.89. The molecule has 22 heavy (non-hydrogen) atoms. The lowest BCUT2D eigenvalue weighted by Gasteiger charge is -2.25. The maximum atomic E-state index is 12.3. The number of hydrogen-bond acceptors (Lipinski definition) is 3. The van der Waals surface area contributed by atoms with Gasteiger partial charge in [0.1, 0.15) is 5.69 Å². The topological polar surface area (TPSA) is 70.2 Å². The van der Waals surface area contributed by atoms with E-state index in [0.717, 1.165) is 11.8 Å². The quantitative estimate of drug-likeness (QED) is 0.930. The van der Waals surface area contributed by atoms with Gasteiger partial charge in [0.2, 0.25) is 0 Å². The molecular weight excluding hydrogens is 324 g/mol. The van der Waals surface area contributed by atoms with Crippen molar-refractivity contribution in [3.05, 3.63) is 52.8 Å². The van der Waals surface area contributed by atoms with E-state index in [0.29, 0.717) is 10.7 Å². The van der Waals surface area contributed by atoms with E-state index in [4.69, 9.17) is 11.6 Å². The molecule has 1 heterocycles. The van der Waals surface area contributed by atoms with Crippen LogP contribution in [-0.4, -0.2) is 37.5 Å². The first-order valence-corrected chi connectivity index (χ1v) is 8.88. The third kappa shape index (κ3) is 3.51. The number of aromatic amines is 1. The van der Waals surface area contributed by atoms with Crippen molar-refractivity contribution in [3.63, 3.8) is 0 Å². The van der Waals surface area contributed by atoms with Crippen LogP contribution >= 0.6 is 11.6 Å². The third-order valence-electron chi connectivity index (χ3n) is 3.57. The first-order valence-electron chi connectivity index (χ1n) is 6.61. The molecule has 118 valence electrons. The van der Waals surface area contributed by atoms with Crippen molar-refractivity contribution < 1.29 is 13.2 Å². The summed E-state index contributed by atoms with van der Waals surface area (Å²) in [5.74, 6) is -0.188. The molecule has 5 nitrogen and oxygen atoms in total. The lowest BCUT2D eigenvalue weighted by molar-refractivity contribution is 0.0737. The summed E-state index contributed by atoms with van der Waals surface area (Å²) >= 11 is 5.81. The van der Waals surface area contributed by atoms with Gasteiger partial charge in [-0.15, -0.1) is 0 Å². The summed E-state index contributed by atoms with van der Waals surface area (Å²) < 4.78 is 22.9. The van der Waals surface area contributed by atoms with Crippen LogP contribution in [0.3, 0.4) is 0 Å². The van der Waals surface area contributed by atoms with Gasteiger partial charge in [-0.2, -0.15) is 0 Å². The van der Waals surface area contributed by atoms with Crippen LogP contribution in [0.4, 0.5) is 0 Å². The van der Waals surface area contributed by atoms with Crippen molar-refractivity contribution in [3.8, 4) is 0 Å². The van der Waals surface area contributed by atoms with Crippen LogP contribution in [0.15, 0.2) is 41.4 Å². The molecule has 0 bridgehead atoms. The molecule has 0 unspecified atom stereocenters. The van der Waals surface area contributed by atoms with Gasteiger partial charge in [0.05, 0.1) is 16.0 Å². The van der Waals surface area contributed by atoms with Crippen molar-refractivity contribution >= 4 is 27.3 Å². The fourth-order valence-corrected chi connectivity index (χ4v) is 2.87. The average Bonchev–Trinajstić information content (AvgIpc) is 2.90. The molecule has 0 aliphatic rings. The van der Waals surface area contributed by atoms with Crippen LogP contribution in [-0.2, 0) is 9.84 Å². The smallest absolute Gasteiger partial charge is 0.270 e. The Bertz CT molecular complexity index is 781. The third-order valence-corrected chi connectivity index (χ3v) is 4.92. The number of carbonyl (C=O) groups is 1. The summed E-state index contributed by atoms with van der Waals surface area (Å²) in [6.07, 6.45) is 2.71. The molecular formula is C15H17ClN2O3S. The van der Waals surface area contributed by atoms with Crippen LogP contribution < -0.4 is 0 Å². The molecule has 2 aromatic rings. The first-order chi connectivity index (χ1) is 10.2. The van der Waals surface area contributed by atoms with Gasteiger partial charge in [0, 0.05) is 19.5 Å². The molecule has 0 spiro atoms. The Balaban J connectivity index is 2.20. The highest BCUT2D eigenvalue weighted by Gasteiger charge is 2.20. The van der Waals surface area contributed by atoms with Gasteiger partial charge in [-0.25, -0.2) is 8.42 Å². The summed E-state index contributed by atoms with van der Waals surface area (Å²) in [7, 11) is -1.54. The molecule has 0 saturated heterocycles. The monoisotopic (exact) mass is 340 g/mol. The zero-order chi connectivity index (χ0) is 16.5. The largest absolute Gasteiger partial charge is 0.356 e. The lowest BCUT2D eigenvalue weighted by atomic mass is 10.1. The number of halogens is 1. The first kappa shape index (κ1) is 16.6. The average molecular weight is 341 g/mol. The number of nitrogens with one attached hydrogen (secondary N) is 1. The van der Waals surface area contributed by atoms with Crippen molar-refractivity contribution in [2.24, 2.45) is 0 Å². The molecule has 0 aliphatic carbocycles. The number of aromatic nitrogens is 1. The Morgan fingerprint density at radius 2 is 1.86 bits per heavy atom. The van der Waals surface area contributed by atoms with Gasteiger partial charge >= 0.3 is 0 Å². The number of carbonyl (C=O) groups excluding carboxylic acids is 1. The normalized spacial score (nSPS) is 12.9. The molecule has 2 rings (SSSR count). The second-order valence-electron chi connectivity index (χ2n) is 5.16. The summed E-state index contributed by atoms with van der Waals surface area (Å²) in [4.78, 5) is 17.0. The van der Waals surface area contributed by atoms with Crippen molar-refractivity contribution in [1.29, 1.82) is 0 Å². The van der Waals surface area contributed by atoms with E-state index < -0.39 is 9.84 Å². The SMILES string of the molecule is C[C@@H](c1ccc(S(C)(=O)=O)cc1)N(C)C(=O)c1cc(Cl)c[nH]1. The van der Waals surface area contributed by atoms with Crippen LogP contribution in [0.25, 0.3) is 0 Å². The number of amides is 1. The lowest BCUT2D eigenvalue weighted by Crippen LogP contribution is -2.29. The van der Waals surface area contributed by atoms with Crippen molar-refractivity contribution in [2.75, 3.05) is 13.3 Å². The van der Waals surface area contributed by atoms with E-state index in [1.165, 1.54) is 0 Å². The van der Waals surface area contributed by atoms with E-state index in [2.05, 4.69) is 4.98 Å². The molecule has 1 aromatic carbocycles. The predicted molar refractivity (Wildman–Crippen MR) is 85.9 cm³/mol. The zero-order valence-corrected chi connectivity index (χ0v) is 14.1. The molecule has 0 fully saturated rings. The molecule has 1 atom stereocenters. The number of hydrogen-bond donors (Lipinski definition) is 1. The highest BCUT2D eigenvalue weighted by atomic mass is 35.5. The fraction of sp³-hybridized carbons (Fsp3) is 0.267. The van der Waals surface area contributed by atoms with Gasteiger partial charge in [-0.1, -0.05) is 23.7 Å². The van der Waals surface area contributed by atoms with Crippen LogP contribution in [0.5, 0.6) is 0 Å². The van der Waals surface area contributed by atoms with Crippen molar-refractivity contribution in [2.45, 2.75) is 17.9 Å². The van der Waals surface area contributed by atoms with Crippen LogP contribution in [0.1, 0.15) is 29.0 Å². The van der Waals surface area contributed by atoms with Crippen molar-refractivity contribution in [1.82, 2.24) is 9.88 Å². The van der Waals surface area contributed by atoms with E-state index in [1.807, 2.05) is 6.92 Å². The van der Waals surface area contributed by atoms with Crippen LogP contribution in [0.2, 0.25) is 5.02 Å². The van der Waals surface area contributed by atoms with E-state index in [-0.39, 0.29) is 16.8 Å². The number of sulfone groups is 1. The Hall–Kier alpha value is -1.79. The molecule has 1 aromatic heterocycles.